The van der Waals surface area contributed by atoms with Gasteiger partial charge in [0, 0.05) is 0 Å². The predicted octanol–water partition coefficient (Wildman–Crippen LogP) is 1.72. The molecule has 4 nitrogen and oxygen atoms in total. The molecule has 0 unspecified atom stereocenters. The van der Waals surface area contributed by atoms with Crippen LogP contribution >= 0.6 is 24.0 Å². The molecule has 0 radical (unpaired) electrons. The highest BCUT2D eigenvalue weighted by molar-refractivity contribution is 8.26. The van der Waals surface area contributed by atoms with Gasteiger partial charge in [-0.05, 0) is 23.6 Å². The van der Waals surface area contributed by atoms with Crippen molar-refractivity contribution in [1.29, 1.82) is 0 Å². The molecule has 0 aromatic heterocycles. The van der Waals surface area contributed by atoms with E-state index >= 15 is 0 Å². The van der Waals surface area contributed by atoms with Gasteiger partial charge < -0.3 is 5.32 Å². The first-order chi connectivity index (χ1) is 8.99. The van der Waals surface area contributed by atoms with Gasteiger partial charge in [0.15, 0.2) is 9.84 Å². The molecule has 1 N–H and O–H groups in total. The Kier molecular flexibility index (Phi) is 2.99. The van der Waals surface area contributed by atoms with Crippen LogP contribution in [0.3, 0.4) is 0 Å². The molecule has 1 aromatic rings. The van der Waals surface area contributed by atoms with Crippen LogP contribution in [0.5, 0.6) is 0 Å². The molecule has 0 spiro atoms. The van der Waals surface area contributed by atoms with Crippen LogP contribution in [0, 0.1) is 0 Å². The molecule has 0 bridgehead atoms. The second kappa shape index (κ2) is 4.43. The number of sulfone groups is 1. The second-order valence-electron chi connectivity index (χ2n) is 4.22. The molecule has 0 aliphatic carbocycles. The molecule has 1 aromatic carbocycles. The van der Waals surface area contributed by atoms with Crippen LogP contribution in [0.1, 0.15) is 12.0 Å². The lowest BCUT2D eigenvalue weighted by Crippen LogP contribution is -2.20. The van der Waals surface area contributed by atoms with Crippen LogP contribution in [0.4, 0.5) is 0 Å². The Labute approximate surface area is 120 Å². The molecule has 2 aliphatic heterocycles. The number of benzene rings is 1. The largest absolute Gasteiger partial charge is 0.307 e. The van der Waals surface area contributed by atoms with Gasteiger partial charge in [-0.15, -0.1) is 0 Å². The first kappa shape index (κ1) is 12.8. The summed E-state index contributed by atoms with van der Waals surface area (Å²) in [6, 6.07) is 6.79. The van der Waals surface area contributed by atoms with Crippen molar-refractivity contribution in [3.63, 3.8) is 0 Å². The SMILES string of the molecule is O=C1NC(=S)SC1=C1CCS(=O)(=O)c2ccccc21. The Hall–Kier alpha value is -1.18. The van der Waals surface area contributed by atoms with E-state index in [1.54, 1.807) is 24.3 Å². The Morgan fingerprint density at radius 2 is 2.00 bits per heavy atom. The van der Waals surface area contributed by atoms with Gasteiger partial charge in [0.05, 0.1) is 15.6 Å². The van der Waals surface area contributed by atoms with E-state index in [1.165, 1.54) is 11.8 Å². The van der Waals surface area contributed by atoms with E-state index in [2.05, 4.69) is 5.32 Å². The Morgan fingerprint density at radius 3 is 2.68 bits per heavy atom. The van der Waals surface area contributed by atoms with Gasteiger partial charge in [0.1, 0.15) is 4.32 Å². The summed E-state index contributed by atoms with van der Waals surface area (Å²) < 4.78 is 24.5. The molecule has 2 aliphatic rings. The van der Waals surface area contributed by atoms with E-state index < -0.39 is 9.84 Å². The molecule has 1 amide bonds. The second-order valence-corrected chi connectivity index (χ2v) is 7.98. The molecular formula is C12H9NO3S3. The summed E-state index contributed by atoms with van der Waals surface area (Å²) in [6.07, 6.45) is 0.345. The number of hydrogen-bond acceptors (Lipinski definition) is 5. The summed E-state index contributed by atoms with van der Waals surface area (Å²) in [4.78, 5) is 12.6. The quantitative estimate of drug-likeness (QED) is 0.584. The van der Waals surface area contributed by atoms with Crippen LogP contribution in [0.15, 0.2) is 34.1 Å². The number of thiocarbonyl (C=S) groups is 1. The average Bonchev–Trinajstić information content (AvgIpc) is 2.69. The molecule has 1 saturated heterocycles. The van der Waals surface area contributed by atoms with Crippen LogP contribution in [0.2, 0.25) is 0 Å². The van der Waals surface area contributed by atoms with E-state index in [9.17, 15) is 13.2 Å². The number of thioether (sulfide) groups is 1. The Balaban J connectivity index is 2.25. The predicted molar refractivity (Wildman–Crippen MR) is 78.4 cm³/mol. The maximum Gasteiger partial charge on any atom is 0.263 e. The van der Waals surface area contributed by atoms with E-state index in [1.807, 2.05) is 0 Å². The molecule has 19 heavy (non-hydrogen) atoms. The van der Waals surface area contributed by atoms with Crippen molar-refractivity contribution in [1.82, 2.24) is 5.32 Å². The van der Waals surface area contributed by atoms with Gasteiger partial charge in [0.25, 0.3) is 5.91 Å². The van der Waals surface area contributed by atoms with Crippen molar-refractivity contribution in [2.75, 3.05) is 5.75 Å². The number of carbonyl (C=O) groups is 1. The van der Waals surface area contributed by atoms with Gasteiger partial charge in [0.2, 0.25) is 0 Å². The van der Waals surface area contributed by atoms with E-state index in [-0.39, 0.29) is 11.7 Å². The van der Waals surface area contributed by atoms with E-state index in [4.69, 9.17) is 12.2 Å². The number of nitrogens with one attached hydrogen (secondary N) is 1. The summed E-state index contributed by atoms with van der Waals surface area (Å²) >= 11 is 6.16. The van der Waals surface area contributed by atoms with Crippen molar-refractivity contribution in [3.8, 4) is 0 Å². The van der Waals surface area contributed by atoms with E-state index in [0.717, 1.165) is 5.57 Å². The maximum atomic E-state index is 12.0. The number of carbonyl (C=O) groups excluding carboxylic acids is 1. The standard InChI is InChI=1S/C12H9NO3S3/c14-11-10(18-12(17)13-11)8-5-6-19(15,16)9-4-2-1-3-7(8)9/h1-4H,5-6H2,(H,13,14,17). The van der Waals surface area contributed by atoms with Crippen LogP contribution in [-0.2, 0) is 14.6 Å². The molecular weight excluding hydrogens is 302 g/mol. The number of allylic oxidation sites excluding steroid dienone is 1. The number of amides is 1. The molecule has 0 saturated carbocycles. The van der Waals surface area contributed by atoms with Crippen LogP contribution in [-0.4, -0.2) is 24.4 Å². The van der Waals surface area contributed by atoms with Crippen molar-refractivity contribution in [2.45, 2.75) is 11.3 Å². The van der Waals surface area contributed by atoms with Crippen molar-refractivity contribution in [2.24, 2.45) is 0 Å². The van der Waals surface area contributed by atoms with Gasteiger partial charge in [-0.25, -0.2) is 8.42 Å². The first-order valence-electron chi connectivity index (χ1n) is 5.57. The molecule has 98 valence electrons. The summed E-state index contributed by atoms with van der Waals surface area (Å²) in [6.45, 7) is 0. The summed E-state index contributed by atoms with van der Waals surface area (Å²) in [7, 11) is -3.24. The molecule has 1 fully saturated rings. The molecule has 7 heteroatoms. The third-order valence-corrected chi connectivity index (χ3v) is 6.10. The van der Waals surface area contributed by atoms with Gasteiger partial charge in [-0.2, -0.15) is 0 Å². The summed E-state index contributed by atoms with van der Waals surface area (Å²) in [5, 5.41) is 2.56. The van der Waals surface area contributed by atoms with Crippen molar-refractivity contribution < 1.29 is 13.2 Å². The van der Waals surface area contributed by atoms with Crippen LogP contribution < -0.4 is 5.32 Å². The van der Waals surface area contributed by atoms with Crippen molar-refractivity contribution in [3.05, 3.63) is 34.7 Å². The van der Waals surface area contributed by atoms with Gasteiger partial charge in [-0.3, -0.25) is 4.79 Å². The minimum atomic E-state index is -3.24. The molecule has 0 atom stereocenters. The zero-order valence-corrected chi connectivity index (χ0v) is 12.1. The molecule has 2 heterocycles. The highest BCUT2D eigenvalue weighted by atomic mass is 32.2. The maximum absolute atomic E-state index is 12.0. The summed E-state index contributed by atoms with van der Waals surface area (Å²) in [5.74, 6) is -0.206. The topological polar surface area (TPSA) is 63.2 Å². The normalized spacial score (nSPS) is 25.1. The number of rotatable bonds is 0. The Morgan fingerprint density at radius 1 is 1.26 bits per heavy atom. The minimum Gasteiger partial charge on any atom is -0.307 e. The fraction of sp³-hybridized carbons (Fsp3) is 0.167. The van der Waals surface area contributed by atoms with Crippen molar-refractivity contribution >= 4 is 49.6 Å². The first-order valence-corrected chi connectivity index (χ1v) is 8.45. The van der Waals surface area contributed by atoms with Crippen LogP contribution in [0.25, 0.3) is 5.57 Å². The Bertz CT molecular complexity index is 734. The number of fused-ring (bicyclic) bond motifs is 1. The minimum absolute atomic E-state index is 0.0312. The fourth-order valence-corrected chi connectivity index (χ4v) is 4.87. The zero-order chi connectivity index (χ0) is 13.6. The monoisotopic (exact) mass is 311 g/mol. The third-order valence-electron chi connectivity index (χ3n) is 3.06. The fourth-order valence-electron chi connectivity index (χ4n) is 2.22. The van der Waals surface area contributed by atoms with E-state index in [0.29, 0.717) is 26.1 Å². The average molecular weight is 311 g/mol. The number of hydrogen-bond donors (Lipinski definition) is 1. The lowest BCUT2D eigenvalue weighted by atomic mass is 10.0. The highest BCUT2D eigenvalue weighted by Gasteiger charge is 2.33. The smallest absolute Gasteiger partial charge is 0.263 e. The zero-order valence-electron chi connectivity index (χ0n) is 9.67. The van der Waals surface area contributed by atoms with Gasteiger partial charge >= 0.3 is 0 Å². The highest BCUT2D eigenvalue weighted by Crippen LogP contribution is 2.39. The molecule has 3 rings (SSSR count). The van der Waals surface area contributed by atoms with Gasteiger partial charge in [-0.1, -0.05) is 42.2 Å². The lowest BCUT2D eigenvalue weighted by molar-refractivity contribution is -0.115. The summed E-state index contributed by atoms with van der Waals surface area (Å²) in [5.41, 5.74) is 1.39. The third kappa shape index (κ3) is 2.11. The lowest BCUT2D eigenvalue weighted by Gasteiger charge is -2.20.